The first-order valence-electron chi connectivity index (χ1n) is 6.86. The number of carbonyl (C=O) groups excluding carboxylic acids is 1. The largest absolute Gasteiger partial charge is 0.392 e. The predicted molar refractivity (Wildman–Crippen MR) is 74.6 cm³/mol. The van der Waals surface area contributed by atoms with Crippen LogP contribution in [0.25, 0.3) is 0 Å². The van der Waals surface area contributed by atoms with Gasteiger partial charge < -0.3 is 16.2 Å². The third kappa shape index (κ3) is 3.55. The van der Waals surface area contributed by atoms with Crippen molar-refractivity contribution in [1.82, 2.24) is 5.32 Å². The van der Waals surface area contributed by atoms with Crippen LogP contribution < -0.4 is 11.1 Å². The first-order chi connectivity index (χ1) is 9.08. The van der Waals surface area contributed by atoms with Crippen LogP contribution in [0.3, 0.4) is 0 Å². The minimum absolute atomic E-state index is 0.0242. The van der Waals surface area contributed by atoms with E-state index in [1.807, 2.05) is 12.1 Å². The summed E-state index contributed by atoms with van der Waals surface area (Å²) in [6.07, 6.45) is 2.03. The lowest BCUT2D eigenvalue weighted by Gasteiger charge is -2.24. The maximum Gasteiger partial charge on any atom is 0.223 e. The van der Waals surface area contributed by atoms with Gasteiger partial charge in [-0.2, -0.15) is 0 Å². The monoisotopic (exact) mass is 262 g/mol. The number of carbonyl (C=O) groups is 1. The number of nitrogens with one attached hydrogen (secondary N) is 1. The third-order valence-corrected chi connectivity index (χ3v) is 3.85. The van der Waals surface area contributed by atoms with Crippen molar-refractivity contribution in [2.45, 2.75) is 38.3 Å². The molecule has 0 aromatic heterocycles. The minimum atomic E-state index is -0.604. The Hall–Kier alpha value is -1.39. The first-order valence-corrected chi connectivity index (χ1v) is 6.86. The van der Waals surface area contributed by atoms with Crippen LogP contribution in [-0.4, -0.2) is 29.7 Å². The number of hydrogen-bond donors (Lipinski definition) is 3. The Bertz CT molecular complexity index is 446. The number of nitrogens with two attached hydrogens (primary N) is 1. The molecule has 2 rings (SSSR count). The maximum atomic E-state index is 12.1. The van der Waals surface area contributed by atoms with E-state index in [2.05, 4.69) is 17.4 Å². The lowest BCUT2D eigenvalue weighted by Crippen LogP contribution is -2.45. The van der Waals surface area contributed by atoms with Gasteiger partial charge in [0.2, 0.25) is 5.91 Å². The van der Waals surface area contributed by atoms with Crippen molar-refractivity contribution in [2.75, 3.05) is 6.54 Å². The van der Waals surface area contributed by atoms with E-state index >= 15 is 0 Å². The molecule has 0 bridgehead atoms. The summed E-state index contributed by atoms with van der Waals surface area (Å²) < 4.78 is 0. The zero-order valence-electron chi connectivity index (χ0n) is 11.3. The van der Waals surface area contributed by atoms with Gasteiger partial charge in [-0.05, 0) is 37.3 Å². The minimum Gasteiger partial charge on any atom is -0.392 e. The molecule has 0 radical (unpaired) electrons. The van der Waals surface area contributed by atoms with Gasteiger partial charge >= 0.3 is 0 Å². The fourth-order valence-corrected chi connectivity index (χ4v) is 2.45. The van der Waals surface area contributed by atoms with Gasteiger partial charge in [-0.25, -0.2) is 0 Å². The molecule has 0 saturated carbocycles. The molecule has 1 aromatic carbocycles. The van der Waals surface area contributed by atoms with E-state index < -0.39 is 12.1 Å². The average Bonchev–Trinajstić information content (AvgIpc) is 2.43. The summed E-state index contributed by atoms with van der Waals surface area (Å²) in [6.45, 7) is 1.96. The summed E-state index contributed by atoms with van der Waals surface area (Å²) >= 11 is 0. The molecule has 1 aromatic rings. The molecule has 1 aliphatic carbocycles. The SMILES string of the molecule is CC(O)C(N)CNC(=O)C1CCc2ccccc2C1. The Balaban J connectivity index is 1.89. The van der Waals surface area contributed by atoms with Crippen LogP contribution >= 0.6 is 0 Å². The van der Waals surface area contributed by atoms with Crippen LogP contribution in [0.1, 0.15) is 24.5 Å². The number of aliphatic hydroxyl groups excluding tert-OH is 1. The highest BCUT2D eigenvalue weighted by molar-refractivity contribution is 5.79. The molecule has 0 spiro atoms. The predicted octanol–water partition coefficient (Wildman–Crippen LogP) is 0.616. The molecule has 3 atom stereocenters. The van der Waals surface area contributed by atoms with Crippen LogP contribution in [0.15, 0.2) is 24.3 Å². The normalized spacial score (nSPS) is 21.3. The van der Waals surface area contributed by atoms with E-state index in [0.717, 1.165) is 19.3 Å². The zero-order valence-corrected chi connectivity index (χ0v) is 11.3. The Labute approximate surface area is 114 Å². The second-order valence-electron chi connectivity index (χ2n) is 5.36. The molecule has 1 amide bonds. The highest BCUT2D eigenvalue weighted by atomic mass is 16.3. The smallest absolute Gasteiger partial charge is 0.223 e. The van der Waals surface area contributed by atoms with Crippen LogP contribution in [0.2, 0.25) is 0 Å². The number of fused-ring (bicyclic) bond motifs is 1. The van der Waals surface area contributed by atoms with Gasteiger partial charge in [0.1, 0.15) is 0 Å². The molecular formula is C15H22N2O2. The fourth-order valence-electron chi connectivity index (χ4n) is 2.45. The number of rotatable bonds is 4. The Morgan fingerprint density at radius 3 is 2.84 bits per heavy atom. The van der Waals surface area contributed by atoms with Crippen molar-refractivity contribution in [2.24, 2.45) is 11.7 Å². The summed E-state index contributed by atoms with van der Waals surface area (Å²) in [4.78, 5) is 12.1. The van der Waals surface area contributed by atoms with Crippen LogP contribution in [0.4, 0.5) is 0 Å². The lowest BCUT2D eigenvalue weighted by atomic mass is 9.83. The number of aliphatic hydroxyl groups is 1. The topological polar surface area (TPSA) is 75.3 Å². The summed E-state index contributed by atoms with van der Waals surface area (Å²) in [5, 5.41) is 12.1. The number of aryl methyl sites for hydroxylation is 1. The Kier molecular flexibility index (Phi) is 4.56. The van der Waals surface area contributed by atoms with Crippen molar-refractivity contribution in [3.05, 3.63) is 35.4 Å². The van der Waals surface area contributed by atoms with Crippen LogP contribution in [0, 0.1) is 5.92 Å². The van der Waals surface area contributed by atoms with E-state index in [1.54, 1.807) is 6.92 Å². The van der Waals surface area contributed by atoms with Crippen molar-refractivity contribution in [1.29, 1.82) is 0 Å². The molecule has 104 valence electrons. The number of hydrogen-bond acceptors (Lipinski definition) is 3. The zero-order chi connectivity index (χ0) is 13.8. The van der Waals surface area contributed by atoms with E-state index in [0.29, 0.717) is 6.54 Å². The molecular weight excluding hydrogens is 240 g/mol. The number of amides is 1. The van der Waals surface area contributed by atoms with Crippen LogP contribution in [-0.2, 0) is 17.6 Å². The molecule has 0 fully saturated rings. The van der Waals surface area contributed by atoms with Gasteiger partial charge in [-0.1, -0.05) is 24.3 Å². The first kappa shape index (κ1) is 14.0. The molecule has 3 unspecified atom stereocenters. The maximum absolute atomic E-state index is 12.1. The van der Waals surface area contributed by atoms with Gasteiger partial charge in [0.15, 0.2) is 0 Å². The molecule has 0 saturated heterocycles. The number of benzene rings is 1. The lowest BCUT2D eigenvalue weighted by molar-refractivity contribution is -0.125. The summed E-state index contributed by atoms with van der Waals surface area (Å²) in [6, 6.07) is 7.88. The fraction of sp³-hybridized carbons (Fsp3) is 0.533. The van der Waals surface area contributed by atoms with Crippen molar-refractivity contribution in [3.8, 4) is 0 Å². The molecule has 0 heterocycles. The summed E-state index contributed by atoms with van der Waals surface area (Å²) in [7, 11) is 0. The summed E-state index contributed by atoms with van der Waals surface area (Å²) in [5.74, 6) is 0.0710. The van der Waals surface area contributed by atoms with E-state index in [1.165, 1.54) is 11.1 Å². The highest BCUT2D eigenvalue weighted by Crippen LogP contribution is 2.25. The van der Waals surface area contributed by atoms with Gasteiger partial charge in [0.25, 0.3) is 0 Å². The Morgan fingerprint density at radius 1 is 1.47 bits per heavy atom. The van der Waals surface area contributed by atoms with Crippen molar-refractivity contribution >= 4 is 5.91 Å². The second kappa shape index (κ2) is 6.17. The van der Waals surface area contributed by atoms with Crippen LogP contribution in [0.5, 0.6) is 0 Å². The molecule has 4 N–H and O–H groups in total. The highest BCUT2D eigenvalue weighted by Gasteiger charge is 2.24. The van der Waals surface area contributed by atoms with E-state index in [4.69, 9.17) is 5.73 Å². The van der Waals surface area contributed by atoms with E-state index in [9.17, 15) is 9.90 Å². The standard InChI is InChI=1S/C15H22N2O2/c1-10(18)14(16)9-17-15(19)13-7-6-11-4-2-3-5-12(11)8-13/h2-5,10,13-14,18H,6-9,16H2,1H3,(H,17,19). The average molecular weight is 262 g/mol. The third-order valence-electron chi connectivity index (χ3n) is 3.85. The van der Waals surface area contributed by atoms with Gasteiger partial charge in [0.05, 0.1) is 6.10 Å². The van der Waals surface area contributed by atoms with Crippen molar-refractivity contribution < 1.29 is 9.90 Å². The molecule has 19 heavy (non-hydrogen) atoms. The molecule has 4 heteroatoms. The van der Waals surface area contributed by atoms with Gasteiger partial charge in [-0.15, -0.1) is 0 Å². The quantitative estimate of drug-likeness (QED) is 0.744. The van der Waals surface area contributed by atoms with Gasteiger partial charge in [-0.3, -0.25) is 4.79 Å². The molecule has 0 aliphatic heterocycles. The molecule has 4 nitrogen and oxygen atoms in total. The van der Waals surface area contributed by atoms with Crippen molar-refractivity contribution in [3.63, 3.8) is 0 Å². The van der Waals surface area contributed by atoms with E-state index in [-0.39, 0.29) is 11.8 Å². The summed E-state index contributed by atoms with van der Waals surface area (Å²) in [5.41, 5.74) is 8.33. The van der Waals surface area contributed by atoms with Gasteiger partial charge in [0, 0.05) is 18.5 Å². The second-order valence-corrected chi connectivity index (χ2v) is 5.36. The molecule has 1 aliphatic rings. The Morgan fingerprint density at radius 2 is 2.16 bits per heavy atom.